The molecule has 116 valence electrons. The molecule has 2 atom stereocenters. The van der Waals surface area contributed by atoms with Gasteiger partial charge in [0.25, 0.3) is 0 Å². The second-order valence-electron chi connectivity index (χ2n) is 6.03. The summed E-state index contributed by atoms with van der Waals surface area (Å²) in [6.07, 6.45) is 3.88. The molecule has 1 N–H and O–H groups in total. The van der Waals surface area contributed by atoms with Gasteiger partial charge in [-0.05, 0) is 37.5 Å². The summed E-state index contributed by atoms with van der Waals surface area (Å²) in [6.45, 7) is 1.52. The first-order valence-electron chi connectivity index (χ1n) is 7.38. The molecule has 1 aromatic carbocycles. The first-order chi connectivity index (χ1) is 10.5. The van der Waals surface area contributed by atoms with Crippen LogP contribution in [0.2, 0.25) is 5.02 Å². The van der Waals surface area contributed by atoms with E-state index in [1.807, 2.05) is 30.5 Å². The molecule has 2 heterocycles. The number of ether oxygens (including phenoxy) is 1. The van der Waals surface area contributed by atoms with Gasteiger partial charge in [0.1, 0.15) is 5.60 Å². The van der Waals surface area contributed by atoms with Crippen molar-refractivity contribution in [2.24, 2.45) is 4.99 Å². The van der Waals surface area contributed by atoms with Crippen LogP contribution in [0.5, 0.6) is 0 Å². The zero-order valence-corrected chi connectivity index (χ0v) is 13.1. The number of rotatable bonds is 2. The average Bonchev–Trinajstić information content (AvgIpc) is 2.70. The number of hydrogen-bond donors (Lipinski definition) is 1. The Morgan fingerprint density at radius 2 is 2.14 bits per heavy atom. The molecule has 22 heavy (non-hydrogen) atoms. The summed E-state index contributed by atoms with van der Waals surface area (Å²) in [5, 5.41) is 10.1. The monoisotopic (exact) mass is 319 g/mol. The lowest BCUT2D eigenvalue weighted by atomic mass is 9.83. The van der Waals surface area contributed by atoms with E-state index in [9.17, 15) is 9.90 Å². The summed E-state index contributed by atoms with van der Waals surface area (Å²) >= 11 is 5.95. The number of esters is 1. The topological polar surface area (TPSA) is 58.9 Å². The fourth-order valence-electron chi connectivity index (χ4n) is 3.02. The van der Waals surface area contributed by atoms with E-state index < -0.39 is 5.60 Å². The number of hydrogen-bond acceptors (Lipinski definition) is 4. The molecule has 2 aliphatic heterocycles. The summed E-state index contributed by atoms with van der Waals surface area (Å²) in [5.74, 6) is -0.428. The molecular formula is C17H18ClNO3. The highest BCUT2D eigenvalue weighted by Crippen LogP contribution is 2.41. The van der Waals surface area contributed by atoms with E-state index in [-0.39, 0.29) is 18.5 Å². The van der Waals surface area contributed by atoms with Gasteiger partial charge in [0.15, 0.2) is 0 Å². The fraction of sp³-hybridized carbons (Fsp3) is 0.412. The maximum atomic E-state index is 12.5. The number of benzene rings is 1. The molecule has 5 heteroatoms. The van der Waals surface area contributed by atoms with E-state index >= 15 is 0 Å². The summed E-state index contributed by atoms with van der Waals surface area (Å²) in [4.78, 5) is 17.0. The molecule has 0 aliphatic carbocycles. The highest BCUT2D eigenvalue weighted by Gasteiger charge is 2.41. The van der Waals surface area contributed by atoms with Crippen LogP contribution in [0, 0.1) is 0 Å². The second-order valence-corrected chi connectivity index (χ2v) is 6.46. The minimum atomic E-state index is -0.887. The molecule has 0 amide bonds. The highest BCUT2D eigenvalue weighted by atomic mass is 35.5. The Labute approximate surface area is 134 Å². The molecule has 1 aromatic rings. The van der Waals surface area contributed by atoms with Crippen LogP contribution in [0.4, 0.5) is 0 Å². The lowest BCUT2D eigenvalue weighted by Crippen LogP contribution is -2.41. The normalized spacial score (nSPS) is 28.1. The van der Waals surface area contributed by atoms with Gasteiger partial charge in [0.05, 0.1) is 17.9 Å². The van der Waals surface area contributed by atoms with Gasteiger partial charge in [0, 0.05) is 23.6 Å². The summed E-state index contributed by atoms with van der Waals surface area (Å²) in [6, 6.07) is 7.54. The molecule has 3 rings (SSSR count). The van der Waals surface area contributed by atoms with Gasteiger partial charge in [-0.25, -0.2) is 4.79 Å². The summed E-state index contributed by atoms with van der Waals surface area (Å²) in [7, 11) is 0. The van der Waals surface area contributed by atoms with Gasteiger partial charge in [-0.2, -0.15) is 0 Å². The molecule has 4 nitrogen and oxygen atoms in total. The molecule has 0 radical (unpaired) electrons. The van der Waals surface area contributed by atoms with Crippen LogP contribution in [0.25, 0.3) is 0 Å². The van der Waals surface area contributed by atoms with Crippen molar-refractivity contribution in [3.63, 3.8) is 0 Å². The average molecular weight is 320 g/mol. The number of halogens is 1. The van der Waals surface area contributed by atoms with Crippen molar-refractivity contribution in [1.29, 1.82) is 0 Å². The van der Waals surface area contributed by atoms with Crippen molar-refractivity contribution in [2.75, 3.05) is 6.61 Å². The predicted octanol–water partition coefficient (Wildman–Crippen LogP) is 3.24. The molecule has 0 spiro atoms. The fourth-order valence-corrected chi connectivity index (χ4v) is 3.14. The van der Waals surface area contributed by atoms with Crippen LogP contribution in [0.1, 0.15) is 37.7 Å². The van der Waals surface area contributed by atoms with E-state index in [0.29, 0.717) is 17.0 Å². The third-order valence-electron chi connectivity index (χ3n) is 4.20. The Hall–Kier alpha value is -1.65. The molecule has 0 saturated heterocycles. The number of aliphatic imine (C=N–C) groups is 1. The number of carbonyl (C=O) groups excluding carboxylic acids is 1. The first kappa shape index (κ1) is 15.3. The maximum absolute atomic E-state index is 12.5. The van der Waals surface area contributed by atoms with Gasteiger partial charge < -0.3 is 9.84 Å². The van der Waals surface area contributed by atoms with Gasteiger partial charge in [-0.3, -0.25) is 4.99 Å². The quantitative estimate of drug-likeness (QED) is 0.851. The zero-order valence-electron chi connectivity index (χ0n) is 12.4. The smallest absolute Gasteiger partial charge is 0.337 e. The third kappa shape index (κ3) is 2.81. The second kappa shape index (κ2) is 5.86. The predicted molar refractivity (Wildman–Crippen MR) is 85.1 cm³/mol. The maximum Gasteiger partial charge on any atom is 0.337 e. The lowest BCUT2D eigenvalue weighted by Gasteiger charge is -2.34. The minimum Gasteiger partial charge on any atom is -0.453 e. The molecule has 2 unspecified atom stereocenters. The first-order valence-corrected chi connectivity index (χ1v) is 7.75. The van der Waals surface area contributed by atoms with E-state index in [1.165, 1.54) is 0 Å². The van der Waals surface area contributed by atoms with Gasteiger partial charge in [0.2, 0.25) is 0 Å². The highest BCUT2D eigenvalue weighted by molar-refractivity contribution is 6.30. The van der Waals surface area contributed by atoms with Crippen LogP contribution in [0.15, 0.2) is 40.5 Å². The third-order valence-corrected chi connectivity index (χ3v) is 4.45. The van der Waals surface area contributed by atoms with E-state index in [0.717, 1.165) is 24.1 Å². The molecule has 0 fully saturated rings. The number of carbonyl (C=O) groups is 1. The van der Waals surface area contributed by atoms with Crippen molar-refractivity contribution >= 4 is 23.8 Å². The zero-order chi connectivity index (χ0) is 15.7. The van der Waals surface area contributed by atoms with E-state index in [2.05, 4.69) is 4.99 Å². The van der Waals surface area contributed by atoms with Crippen molar-refractivity contribution in [1.82, 2.24) is 0 Å². The van der Waals surface area contributed by atoms with Crippen LogP contribution in [0.3, 0.4) is 0 Å². The summed E-state index contributed by atoms with van der Waals surface area (Å²) in [5.41, 5.74) is 1.49. The largest absolute Gasteiger partial charge is 0.453 e. The number of aliphatic hydroxyl groups is 1. The minimum absolute atomic E-state index is 0.0505. The number of nitrogens with zero attached hydrogens (tertiary/aromatic N) is 1. The van der Waals surface area contributed by atoms with E-state index in [4.69, 9.17) is 16.3 Å². The number of aliphatic hydroxyl groups excluding tert-OH is 1. The van der Waals surface area contributed by atoms with Crippen molar-refractivity contribution in [3.05, 3.63) is 46.1 Å². The van der Waals surface area contributed by atoms with Crippen LogP contribution in [-0.4, -0.2) is 29.5 Å². The Bertz CT molecular complexity index is 650. The molecule has 0 bridgehead atoms. The molecule has 0 aromatic heterocycles. The Balaban J connectivity index is 2.04. The molecule has 2 aliphatic rings. The van der Waals surface area contributed by atoms with Gasteiger partial charge in [-0.1, -0.05) is 23.7 Å². The van der Waals surface area contributed by atoms with Gasteiger partial charge >= 0.3 is 5.97 Å². The van der Waals surface area contributed by atoms with Crippen molar-refractivity contribution in [3.8, 4) is 0 Å². The Kier molecular flexibility index (Phi) is 4.06. The molecular weight excluding hydrogens is 302 g/mol. The van der Waals surface area contributed by atoms with Crippen LogP contribution >= 0.6 is 11.6 Å². The number of cyclic esters (lactones) is 1. The standard InChI is InChI=1S/C17H18ClNO3/c1-17(10-20)9-14-15(16(21)22-17)13(3-2-8-19-14)11-4-6-12(18)7-5-11/h4-8,13,20H,2-3,9-10H2,1H3. The van der Waals surface area contributed by atoms with E-state index in [1.54, 1.807) is 6.92 Å². The summed E-state index contributed by atoms with van der Waals surface area (Å²) < 4.78 is 5.48. The van der Waals surface area contributed by atoms with Gasteiger partial charge in [-0.15, -0.1) is 0 Å². The molecule has 0 saturated carbocycles. The van der Waals surface area contributed by atoms with Crippen molar-refractivity contribution in [2.45, 2.75) is 37.7 Å². The SMILES string of the molecule is CC1(CO)CC2=C(C(=O)O1)C(c1ccc(Cl)cc1)CCC=N2. The lowest BCUT2D eigenvalue weighted by molar-refractivity contribution is -0.160. The van der Waals surface area contributed by atoms with Crippen LogP contribution in [-0.2, 0) is 9.53 Å². The Morgan fingerprint density at radius 1 is 1.41 bits per heavy atom. The Morgan fingerprint density at radius 3 is 2.82 bits per heavy atom. The van der Waals surface area contributed by atoms with Crippen LogP contribution < -0.4 is 0 Å². The van der Waals surface area contributed by atoms with Crippen molar-refractivity contribution < 1.29 is 14.6 Å².